The highest BCUT2D eigenvalue weighted by Gasteiger charge is 2.21. The molecule has 1 amide bonds. The van der Waals surface area contributed by atoms with Gasteiger partial charge in [-0.15, -0.1) is 0 Å². The fourth-order valence-corrected chi connectivity index (χ4v) is 1.74. The molecule has 110 valence electrons. The van der Waals surface area contributed by atoms with Crippen LogP contribution in [0.1, 0.15) is 24.2 Å². The van der Waals surface area contributed by atoms with Crippen molar-refractivity contribution in [2.45, 2.75) is 39.3 Å². The van der Waals surface area contributed by atoms with Crippen LogP contribution in [0.2, 0.25) is 0 Å². The summed E-state index contributed by atoms with van der Waals surface area (Å²) in [6.45, 7) is 3.47. The van der Waals surface area contributed by atoms with Gasteiger partial charge < -0.3 is 15.5 Å². The predicted octanol–water partition coefficient (Wildman–Crippen LogP) is -0.0659. The summed E-state index contributed by atoms with van der Waals surface area (Å²) in [4.78, 5) is 33.1. The molecule has 0 radical (unpaired) electrons. The first-order valence-electron chi connectivity index (χ1n) is 6.04. The highest BCUT2D eigenvalue weighted by atomic mass is 16.4. The largest absolute Gasteiger partial charge is 0.481 e. The van der Waals surface area contributed by atoms with Crippen LogP contribution in [0.15, 0.2) is 6.07 Å². The zero-order chi connectivity index (χ0) is 15.3. The van der Waals surface area contributed by atoms with E-state index in [9.17, 15) is 14.4 Å². The average molecular weight is 283 g/mol. The van der Waals surface area contributed by atoms with Crippen molar-refractivity contribution in [1.82, 2.24) is 15.1 Å². The smallest absolute Gasteiger partial charge is 0.326 e. The molecule has 0 spiro atoms. The molecule has 1 aromatic rings. The first kappa shape index (κ1) is 15.7. The van der Waals surface area contributed by atoms with Gasteiger partial charge in [-0.05, 0) is 26.3 Å². The van der Waals surface area contributed by atoms with Gasteiger partial charge in [0.1, 0.15) is 12.6 Å². The molecule has 20 heavy (non-hydrogen) atoms. The van der Waals surface area contributed by atoms with Crippen molar-refractivity contribution in [2.75, 3.05) is 0 Å². The minimum absolute atomic E-state index is 0.101. The van der Waals surface area contributed by atoms with E-state index in [1.807, 2.05) is 0 Å². The predicted molar refractivity (Wildman–Crippen MR) is 68.1 cm³/mol. The lowest BCUT2D eigenvalue weighted by Gasteiger charge is -2.13. The Balaban J connectivity index is 2.60. The highest BCUT2D eigenvalue weighted by molar-refractivity contribution is 5.83. The van der Waals surface area contributed by atoms with Gasteiger partial charge in [-0.3, -0.25) is 14.3 Å². The molecule has 0 saturated carbocycles. The number of nitrogens with one attached hydrogen (secondary N) is 1. The number of aromatic nitrogens is 2. The molecule has 0 aromatic carbocycles. The van der Waals surface area contributed by atoms with E-state index in [2.05, 4.69) is 10.4 Å². The van der Waals surface area contributed by atoms with Crippen LogP contribution in [-0.2, 0) is 20.9 Å². The number of carboxylic acid groups (broad SMARTS) is 2. The van der Waals surface area contributed by atoms with Crippen LogP contribution in [0.3, 0.4) is 0 Å². The number of rotatable bonds is 7. The second kappa shape index (κ2) is 6.69. The van der Waals surface area contributed by atoms with Crippen molar-refractivity contribution in [3.63, 3.8) is 0 Å². The van der Waals surface area contributed by atoms with Crippen molar-refractivity contribution in [3.05, 3.63) is 17.5 Å². The van der Waals surface area contributed by atoms with Gasteiger partial charge in [0.15, 0.2) is 0 Å². The minimum atomic E-state index is -1.26. The molecule has 1 atom stereocenters. The summed E-state index contributed by atoms with van der Waals surface area (Å²) in [5.41, 5.74) is 1.55. The van der Waals surface area contributed by atoms with Gasteiger partial charge in [0.25, 0.3) is 0 Å². The van der Waals surface area contributed by atoms with Gasteiger partial charge in [0.05, 0.1) is 5.69 Å². The maximum atomic E-state index is 11.8. The van der Waals surface area contributed by atoms with Crippen molar-refractivity contribution < 1.29 is 24.6 Å². The fraction of sp³-hybridized carbons (Fsp3) is 0.500. The maximum absolute atomic E-state index is 11.8. The summed E-state index contributed by atoms with van der Waals surface area (Å²) >= 11 is 0. The highest BCUT2D eigenvalue weighted by Crippen LogP contribution is 2.02. The van der Waals surface area contributed by atoms with E-state index in [1.165, 1.54) is 4.68 Å². The third-order valence-electron chi connectivity index (χ3n) is 2.68. The van der Waals surface area contributed by atoms with E-state index < -0.39 is 23.9 Å². The molecule has 1 aromatic heterocycles. The maximum Gasteiger partial charge on any atom is 0.326 e. The molecule has 0 aliphatic rings. The first-order valence-corrected chi connectivity index (χ1v) is 6.04. The summed E-state index contributed by atoms with van der Waals surface area (Å²) < 4.78 is 1.46. The third-order valence-corrected chi connectivity index (χ3v) is 2.68. The molecule has 8 heteroatoms. The number of carboxylic acids is 2. The Labute approximate surface area is 115 Å². The second-order valence-electron chi connectivity index (χ2n) is 4.48. The van der Waals surface area contributed by atoms with Gasteiger partial charge >= 0.3 is 11.9 Å². The normalized spacial score (nSPS) is 11.9. The SMILES string of the molecule is Cc1cc(C)n(CC(=O)N[C@@H](CCC(=O)O)C(=O)O)n1. The molecule has 0 saturated heterocycles. The van der Waals surface area contributed by atoms with Crippen LogP contribution < -0.4 is 5.32 Å². The van der Waals surface area contributed by atoms with E-state index in [-0.39, 0.29) is 19.4 Å². The number of aryl methyl sites for hydroxylation is 2. The zero-order valence-electron chi connectivity index (χ0n) is 11.3. The summed E-state index contributed by atoms with van der Waals surface area (Å²) in [7, 11) is 0. The van der Waals surface area contributed by atoms with Crippen LogP contribution in [0.4, 0.5) is 0 Å². The quantitative estimate of drug-likeness (QED) is 0.644. The molecular formula is C12H17N3O5. The van der Waals surface area contributed by atoms with E-state index >= 15 is 0 Å². The summed E-state index contributed by atoms with van der Waals surface area (Å²) in [5.74, 6) is -2.88. The van der Waals surface area contributed by atoms with E-state index in [0.717, 1.165) is 11.4 Å². The topological polar surface area (TPSA) is 122 Å². The van der Waals surface area contributed by atoms with E-state index in [4.69, 9.17) is 10.2 Å². The Morgan fingerprint density at radius 3 is 2.45 bits per heavy atom. The molecule has 0 unspecified atom stereocenters. The molecule has 0 aliphatic heterocycles. The van der Waals surface area contributed by atoms with Gasteiger partial charge in [0, 0.05) is 12.1 Å². The number of aliphatic carboxylic acids is 2. The number of hydrogen-bond acceptors (Lipinski definition) is 4. The van der Waals surface area contributed by atoms with Crippen molar-refractivity contribution in [2.24, 2.45) is 0 Å². The van der Waals surface area contributed by atoms with Gasteiger partial charge in [0.2, 0.25) is 5.91 Å². The van der Waals surface area contributed by atoms with Crippen LogP contribution >= 0.6 is 0 Å². The number of carbonyl (C=O) groups excluding carboxylic acids is 1. The standard InChI is InChI=1S/C12H17N3O5/c1-7-5-8(2)15(14-7)6-10(16)13-9(12(19)20)3-4-11(17)18/h5,9H,3-4,6H2,1-2H3,(H,13,16)(H,17,18)(H,19,20)/t9-/m0/s1. The molecule has 0 bridgehead atoms. The van der Waals surface area contributed by atoms with E-state index in [1.54, 1.807) is 19.9 Å². The Morgan fingerprint density at radius 2 is 2.00 bits per heavy atom. The van der Waals surface area contributed by atoms with Gasteiger partial charge in [-0.25, -0.2) is 4.79 Å². The zero-order valence-corrected chi connectivity index (χ0v) is 11.3. The molecular weight excluding hydrogens is 266 g/mol. The summed E-state index contributed by atoms with van der Waals surface area (Å²) in [5, 5.41) is 23.8. The van der Waals surface area contributed by atoms with Crippen LogP contribution in [0.5, 0.6) is 0 Å². The van der Waals surface area contributed by atoms with Gasteiger partial charge in [-0.1, -0.05) is 0 Å². The monoisotopic (exact) mass is 283 g/mol. The Bertz CT molecular complexity index is 523. The Kier molecular flexibility index (Phi) is 5.24. The second-order valence-corrected chi connectivity index (χ2v) is 4.48. The Morgan fingerprint density at radius 1 is 1.35 bits per heavy atom. The van der Waals surface area contributed by atoms with Crippen LogP contribution in [-0.4, -0.2) is 43.9 Å². The molecule has 0 aliphatic carbocycles. The third kappa shape index (κ3) is 4.71. The number of nitrogens with zero attached hydrogens (tertiary/aromatic N) is 2. The minimum Gasteiger partial charge on any atom is -0.481 e. The van der Waals surface area contributed by atoms with Crippen molar-refractivity contribution >= 4 is 17.8 Å². The summed E-state index contributed by atoms with van der Waals surface area (Å²) in [6, 6.07) is 0.586. The van der Waals surface area contributed by atoms with E-state index in [0.29, 0.717) is 0 Å². The molecule has 8 nitrogen and oxygen atoms in total. The number of carbonyl (C=O) groups is 3. The lowest BCUT2D eigenvalue weighted by atomic mass is 10.1. The lowest BCUT2D eigenvalue weighted by molar-refractivity contribution is -0.143. The van der Waals surface area contributed by atoms with Crippen LogP contribution in [0.25, 0.3) is 0 Å². The van der Waals surface area contributed by atoms with Crippen LogP contribution in [0, 0.1) is 13.8 Å². The average Bonchev–Trinajstić information content (AvgIpc) is 2.62. The molecule has 3 N–H and O–H groups in total. The summed E-state index contributed by atoms with van der Waals surface area (Å²) in [6.07, 6.45) is -0.481. The fourth-order valence-electron chi connectivity index (χ4n) is 1.74. The van der Waals surface area contributed by atoms with Crippen molar-refractivity contribution in [1.29, 1.82) is 0 Å². The molecule has 1 heterocycles. The van der Waals surface area contributed by atoms with Gasteiger partial charge in [-0.2, -0.15) is 5.10 Å². The molecule has 0 fully saturated rings. The first-order chi connectivity index (χ1) is 9.29. The Hall–Kier alpha value is -2.38. The molecule has 1 rings (SSSR count). The van der Waals surface area contributed by atoms with Crippen molar-refractivity contribution in [3.8, 4) is 0 Å². The number of hydrogen-bond donors (Lipinski definition) is 3. The number of amides is 1. The lowest BCUT2D eigenvalue weighted by Crippen LogP contribution is -2.42.